The number of aromatic nitrogens is 4. The molecule has 0 aliphatic carbocycles. The summed E-state index contributed by atoms with van der Waals surface area (Å²) < 4.78 is 25.3. The molecule has 0 aliphatic rings. The smallest absolute Gasteiger partial charge is 0.230 e. The number of aromatic hydroxyl groups is 1. The van der Waals surface area contributed by atoms with Crippen LogP contribution >= 0.6 is 0 Å². The molecular weight excluding hydrogens is 327 g/mol. The van der Waals surface area contributed by atoms with Gasteiger partial charge in [0, 0.05) is 11.8 Å². The number of H-pyrrole nitrogens is 1. The van der Waals surface area contributed by atoms with Crippen LogP contribution < -0.4 is 9.47 Å². The predicted octanol–water partition coefficient (Wildman–Crippen LogP) is 3.46. The molecule has 3 aromatic heterocycles. The van der Waals surface area contributed by atoms with E-state index in [9.17, 15) is 9.50 Å². The van der Waals surface area contributed by atoms with Gasteiger partial charge in [0.15, 0.2) is 23.1 Å². The van der Waals surface area contributed by atoms with Crippen molar-refractivity contribution in [1.29, 1.82) is 0 Å². The molecule has 2 N–H and O–H groups in total. The largest absolute Gasteiger partial charge is 0.504 e. The van der Waals surface area contributed by atoms with Crippen LogP contribution in [-0.2, 0) is 0 Å². The molecule has 126 valence electrons. The lowest BCUT2D eigenvalue weighted by molar-refractivity contribution is 0.374. The van der Waals surface area contributed by atoms with Gasteiger partial charge in [-0.15, -0.1) is 0 Å². The molecular formula is C17H13FN4O3. The minimum atomic E-state index is -0.543. The number of phenols is 1. The quantitative estimate of drug-likeness (QED) is 0.593. The Labute approximate surface area is 141 Å². The highest BCUT2D eigenvalue weighted by Crippen LogP contribution is 2.36. The van der Waals surface area contributed by atoms with Gasteiger partial charge in [0.2, 0.25) is 5.88 Å². The Balaban J connectivity index is 1.83. The van der Waals surface area contributed by atoms with Gasteiger partial charge in [0.25, 0.3) is 0 Å². The number of ether oxygens (including phenoxy) is 2. The fourth-order valence-electron chi connectivity index (χ4n) is 2.63. The van der Waals surface area contributed by atoms with Crippen LogP contribution in [0, 0.1) is 12.7 Å². The van der Waals surface area contributed by atoms with Crippen molar-refractivity contribution >= 4 is 21.9 Å². The van der Waals surface area contributed by atoms with Crippen LogP contribution in [0.3, 0.4) is 0 Å². The average molecular weight is 340 g/mol. The maximum Gasteiger partial charge on any atom is 0.230 e. The first kappa shape index (κ1) is 15.1. The van der Waals surface area contributed by atoms with Crippen molar-refractivity contribution in [2.75, 3.05) is 7.11 Å². The van der Waals surface area contributed by atoms with Crippen LogP contribution in [-0.4, -0.2) is 32.2 Å². The van der Waals surface area contributed by atoms with Crippen molar-refractivity contribution in [3.05, 3.63) is 42.2 Å². The standard InChI is InChI=1S/C17H13FN4O3/c1-8-3-10-15(18)14(6-19-16(10)22-8)25-17-9-4-12(23)13(24-2)5-11(9)20-7-21-17/h3-7,23H,1-2H3,(H,19,22). The van der Waals surface area contributed by atoms with Crippen LogP contribution in [0.25, 0.3) is 21.9 Å². The molecule has 0 saturated heterocycles. The van der Waals surface area contributed by atoms with E-state index >= 15 is 0 Å². The van der Waals surface area contributed by atoms with Crippen LogP contribution in [0.2, 0.25) is 0 Å². The van der Waals surface area contributed by atoms with E-state index in [-0.39, 0.29) is 23.1 Å². The highest BCUT2D eigenvalue weighted by Gasteiger charge is 2.16. The molecule has 0 spiro atoms. The molecule has 1 aromatic carbocycles. The molecule has 8 heteroatoms. The predicted molar refractivity (Wildman–Crippen MR) is 88.6 cm³/mol. The number of aromatic amines is 1. The Kier molecular flexibility index (Phi) is 3.38. The van der Waals surface area contributed by atoms with E-state index < -0.39 is 5.82 Å². The SMILES string of the molecule is COc1cc2ncnc(Oc3cnc4[nH]c(C)cc4c3F)c2cc1O. The second-order valence-corrected chi connectivity index (χ2v) is 5.47. The first-order valence-corrected chi connectivity index (χ1v) is 7.40. The molecule has 4 aromatic rings. The van der Waals surface area contributed by atoms with Gasteiger partial charge in [-0.05, 0) is 19.1 Å². The number of rotatable bonds is 3. The number of benzene rings is 1. The van der Waals surface area contributed by atoms with Crippen molar-refractivity contribution in [2.45, 2.75) is 6.92 Å². The summed E-state index contributed by atoms with van der Waals surface area (Å²) in [7, 11) is 1.44. The minimum absolute atomic E-state index is 0.0678. The van der Waals surface area contributed by atoms with Gasteiger partial charge in [0.05, 0.1) is 29.6 Å². The number of aryl methyl sites for hydroxylation is 1. The summed E-state index contributed by atoms with van der Waals surface area (Å²) in [6.45, 7) is 1.82. The number of nitrogens with zero attached hydrogens (tertiary/aromatic N) is 3. The number of methoxy groups -OCH3 is 1. The topological polar surface area (TPSA) is 93.2 Å². The van der Waals surface area contributed by atoms with E-state index in [1.54, 1.807) is 12.1 Å². The number of nitrogens with one attached hydrogen (secondary N) is 1. The number of halogens is 1. The number of hydrogen-bond donors (Lipinski definition) is 2. The first-order chi connectivity index (χ1) is 12.1. The number of pyridine rings is 1. The fourth-order valence-corrected chi connectivity index (χ4v) is 2.63. The molecule has 3 heterocycles. The van der Waals surface area contributed by atoms with Gasteiger partial charge in [0.1, 0.15) is 12.0 Å². The Morgan fingerprint density at radius 2 is 1.92 bits per heavy atom. The molecule has 0 radical (unpaired) electrons. The molecule has 0 unspecified atom stereocenters. The third-order valence-corrected chi connectivity index (χ3v) is 3.80. The summed E-state index contributed by atoms with van der Waals surface area (Å²) in [6.07, 6.45) is 2.57. The molecule has 0 aliphatic heterocycles. The zero-order valence-electron chi connectivity index (χ0n) is 13.4. The highest BCUT2D eigenvalue weighted by atomic mass is 19.1. The third kappa shape index (κ3) is 2.47. The van der Waals surface area contributed by atoms with Crippen molar-refractivity contribution in [1.82, 2.24) is 19.9 Å². The summed E-state index contributed by atoms with van der Waals surface area (Å²) >= 11 is 0. The third-order valence-electron chi connectivity index (χ3n) is 3.80. The van der Waals surface area contributed by atoms with E-state index in [0.717, 1.165) is 5.69 Å². The summed E-state index contributed by atoms with van der Waals surface area (Å²) in [5.74, 6) is -0.324. The van der Waals surface area contributed by atoms with Crippen LogP contribution in [0.5, 0.6) is 23.1 Å². The summed E-state index contributed by atoms with van der Waals surface area (Å²) in [4.78, 5) is 15.3. The Morgan fingerprint density at radius 1 is 1.08 bits per heavy atom. The number of phenolic OH excluding ortho intramolecular Hbond substituents is 1. The molecule has 0 fully saturated rings. The van der Waals surface area contributed by atoms with Gasteiger partial charge in [-0.25, -0.2) is 19.3 Å². The summed E-state index contributed by atoms with van der Waals surface area (Å²) in [5.41, 5.74) is 1.73. The monoisotopic (exact) mass is 340 g/mol. The van der Waals surface area contributed by atoms with Gasteiger partial charge in [-0.1, -0.05) is 0 Å². The molecule has 0 amide bonds. The second-order valence-electron chi connectivity index (χ2n) is 5.47. The number of hydrogen-bond acceptors (Lipinski definition) is 6. The van der Waals surface area contributed by atoms with E-state index in [2.05, 4.69) is 19.9 Å². The second kappa shape index (κ2) is 5.59. The minimum Gasteiger partial charge on any atom is -0.504 e. The zero-order valence-corrected chi connectivity index (χ0v) is 13.4. The van der Waals surface area contributed by atoms with Crippen LogP contribution in [0.4, 0.5) is 4.39 Å². The lowest BCUT2D eigenvalue weighted by Crippen LogP contribution is -1.95. The van der Waals surface area contributed by atoms with E-state index in [1.165, 1.54) is 25.7 Å². The van der Waals surface area contributed by atoms with E-state index in [1.807, 2.05) is 6.92 Å². The molecule has 25 heavy (non-hydrogen) atoms. The maximum absolute atomic E-state index is 14.7. The lowest BCUT2D eigenvalue weighted by Gasteiger charge is -2.10. The Bertz CT molecular complexity index is 1110. The fraction of sp³-hybridized carbons (Fsp3) is 0.118. The first-order valence-electron chi connectivity index (χ1n) is 7.40. The highest BCUT2D eigenvalue weighted by molar-refractivity contribution is 5.87. The normalized spacial score (nSPS) is 11.2. The molecule has 0 saturated carbocycles. The zero-order chi connectivity index (χ0) is 17.6. The van der Waals surface area contributed by atoms with Gasteiger partial charge in [-0.2, -0.15) is 0 Å². The van der Waals surface area contributed by atoms with Gasteiger partial charge < -0.3 is 19.6 Å². The van der Waals surface area contributed by atoms with Crippen molar-refractivity contribution < 1.29 is 19.0 Å². The number of fused-ring (bicyclic) bond motifs is 2. The summed E-state index contributed by atoms with van der Waals surface area (Å²) in [6, 6.07) is 4.61. The average Bonchev–Trinajstić information content (AvgIpc) is 2.98. The molecule has 4 rings (SSSR count). The van der Waals surface area contributed by atoms with E-state index in [4.69, 9.17) is 9.47 Å². The Morgan fingerprint density at radius 3 is 2.72 bits per heavy atom. The van der Waals surface area contributed by atoms with Crippen molar-refractivity contribution in [2.24, 2.45) is 0 Å². The van der Waals surface area contributed by atoms with Crippen molar-refractivity contribution in [3.63, 3.8) is 0 Å². The molecule has 0 bridgehead atoms. The molecule has 0 atom stereocenters. The van der Waals surface area contributed by atoms with E-state index in [0.29, 0.717) is 21.9 Å². The molecule has 7 nitrogen and oxygen atoms in total. The maximum atomic E-state index is 14.7. The van der Waals surface area contributed by atoms with Gasteiger partial charge >= 0.3 is 0 Å². The summed E-state index contributed by atoms with van der Waals surface area (Å²) in [5, 5.41) is 10.7. The Hall–Kier alpha value is -3.42. The van der Waals surface area contributed by atoms with Crippen LogP contribution in [0.1, 0.15) is 5.69 Å². The van der Waals surface area contributed by atoms with Crippen LogP contribution in [0.15, 0.2) is 30.7 Å². The van der Waals surface area contributed by atoms with Crippen molar-refractivity contribution in [3.8, 4) is 23.1 Å². The lowest BCUT2D eigenvalue weighted by atomic mass is 10.2. The van der Waals surface area contributed by atoms with Gasteiger partial charge in [-0.3, -0.25) is 0 Å².